The molecule has 2 aromatic rings. The van der Waals surface area contributed by atoms with Crippen LogP contribution < -0.4 is 4.74 Å². The van der Waals surface area contributed by atoms with Crippen LogP contribution in [0.1, 0.15) is 18.1 Å². The number of rotatable bonds is 5. The maximum absolute atomic E-state index is 12.1. The van der Waals surface area contributed by atoms with Gasteiger partial charge in [0.2, 0.25) is 5.90 Å². The highest BCUT2D eigenvalue weighted by atomic mass is 35.5. The lowest BCUT2D eigenvalue weighted by Crippen LogP contribution is -2.05. The monoisotopic (exact) mass is 387 g/mol. The molecule has 1 aliphatic heterocycles. The Morgan fingerprint density at radius 2 is 2.04 bits per heavy atom. The molecule has 1 aliphatic rings. The second-order valence-corrected chi connectivity index (χ2v) is 6.60. The Bertz CT molecular complexity index is 948. The van der Waals surface area contributed by atoms with E-state index in [1.165, 1.54) is 0 Å². The number of ether oxygens (including phenoxy) is 2. The van der Waals surface area contributed by atoms with Crippen LogP contribution in [-0.2, 0) is 9.53 Å². The summed E-state index contributed by atoms with van der Waals surface area (Å²) >= 11 is 11.9. The van der Waals surface area contributed by atoms with Gasteiger partial charge in [0.15, 0.2) is 5.70 Å². The summed E-state index contributed by atoms with van der Waals surface area (Å²) in [5.74, 6) is 0.344. The number of nitrogens with zero attached hydrogens (tertiary/aromatic N) is 1. The molecule has 3 rings (SSSR count). The lowest BCUT2D eigenvalue weighted by atomic mass is 10.2. The van der Waals surface area contributed by atoms with Gasteiger partial charge < -0.3 is 9.47 Å². The van der Waals surface area contributed by atoms with Crippen molar-refractivity contribution in [2.45, 2.75) is 6.92 Å². The summed E-state index contributed by atoms with van der Waals surface area (Å²) in [6.07, 6.45) is 1.64. The predicted molar refractivity (Wildman–Crippen MR) is 104 cm³/mol. The Morgan fingerprint density at radius 3 is 2.77 bits per heavy atom. The summed E-state index contributed by atoms with van der Waals surface area (Å²) < 4.78 is 10.8. The van der Waals surface area contributed by atoms with E-state index in [0.717, 1.165) is 11.1 Å². The van der Waals surface area contributed by atoms with Gasteiger partial charge in [-0.2, -0.15) is 0 Å². The van der Waals surface area contributed by atoms with Gasteiger partial charge >= 0.3 is 5.97 Å². The second kappa shape index (κ2) is 7.77. The Labute approximate surface area is 161 Å². The summed E-state index contributed by atoms with van der Waals surface area (Å²) in [6.45, 7) is 6.12. The maximum Gasteiger partial charge on any atom is 0.363 e. The average molecular weight is 388 g/mol. The first-order valence-corrected chi connectivity index (χ1v) is 8.53. The molecule has 6 heteroatoms. The van der Waals surface area contributed by atoms with Crippen molar-refractivity contribution in [2.75, 3.05) is 6.61 Å². The van der Waals surface area contributed by atoms with Gasteiger partial charge in [-0.25, -0.2) is 9.79 Å². The summed E-state index contributed by atoms with van der Waals surface area (Å²) in [4.78, 5) is 16.4. The fourth-order valence-corrected chi connectivity index (χ4v) is 2.52. The van der Waals surface area contributed by atoms with Crippen LogP contribution in [-0.4, -0.2) is 18.5 Å². The Kier molecular flexibility index (Phi) is 5.45. The molecule has 0 amide bonds. The number of carbonyl (C=O) groups is 1. The number of benzene rings is 2. The van der Waals surface area contributed by atoms with E-state index in [2.05, 4.69) is 11.6 Å². The molecule has 0 N–H and O–H groups in total. The van der Waals surface area contributed by atoms with E-state index in [4.69, 9.17) is 32.7 Å². The third-order valence-corrected chi connectivity index (χ3v) is 4.17. The lowest BCUT2D eigenvalue weighted by molar-refractivity contribution is -0.129. The number of halogens is 2. The van der Waals surface area contributed by atoms with Crippen molar-refractivity contribution in [1.29, 1.82) is 0 Å². The van der Waals surface area contributed by atoms with E-state index in [9.17, 15) is 4.79 Å². The van der Waals surface area contributed by atoms with E-state index in [0.29, 0.717) is 28.0 Å². The van der Waals surface area contributed by atoms with Crippen LogP contribution in [0.15, 0.2) is 65.3 Å². The Balaban J connectivity index is 1.85. The largest absolute Gasteiger partial charge is 0.489 e. The topological polar surface area (TPSA) is 47.9 Å². The second-order valence-electron chi connectivity index (χ2n) is 5.78. The third kappa shape index (κ3) is 4.34. The Hall–Kier alpha value is -2.56. The average Bonchev–Trinajstić information content (AvgIpc) is 2.96. The minimum absolute atomic E-state index is 0.189. The first kappa shape index (κ1) is 18.2. The first-order valence-electron chi connectivity index (χ1n) is 7.77. The number of hydrogen-bond donors (Lipinski definition) is 0. The summed E-state index contributed by atoms with van der Waals surface area (Å²) in [5, 5.41) is 0.783. The van der Waals surface area contributed by atoms with Gasteiger partial charge in [-0.3, -0.25) is 0 Å². The van der Waals surface area contributed by atoms with Gasteiger partial charge in [-0.1, -0.05) is 41.9 Å². The summed E-state index contributed by atoms with van der Waals surface area (Å²) in [5.41, 5.74) is 2.47. The van der Waals surface area contributed by atoms with Crippen LogP contribution >= 0.6 is 23.2 Å². The fourth-order valence-electron chi connectivity index (χ4n) is 2.22. The van der Waals surface area contributed by atoms with E-state index in [1.807, 2.05) is 31.2 Å². The molecular weight excluding hydrogens is 373 g/mol. The minimum Gasteiger partial charge on any atom is -0.489 e. The molecule has 2 aromatic carbocycles. The van der Waals surface area contributed by atoms with Crippen LogP contribution in [0.2, 0.25) is 10.0 Å². The maximum atomic E-state index is 12.1. The molecule has 26 heavy (non-hydrogen) atoms. The first-order chi connectivity index (χ1) is 12.4. The van der Waals surface area contributed by atoms with Crippen molar-refractivity contribution in [1.82, 2.24) is 0 Å². The highest BCUT2D eigenvalue weighted by Crippen LogP contribution is 2.26. The van der Waals surface area contributed by atoms with Crippen molar-refractivity contribution < 1.29 is 14.3 Å². The molecule has 0 saturated carbocycles. The summed E-state index contributed by atoms with van der Waals surface area (Å²) in [7, 11) is 0. The van der Waals surface area contributed by atoms with Crippen molar-refractivity contribution in [3.05, 3.63) is 81.5 Å². The number of esters is 1. The van der Waals surface area contributed by atoms with Crippen LogP contribution in [0.25, 0.3) is 6.08 Å². The highest BCUT2D eigenvalue weighted by molar-refractivity contribution is 6.42. The third-order valence-electron chi connectivity index (χ3n) is 3.43. The number of hydrogen-bond acceptors (Lipinski definition) is 4. The quantitative estimate of drug-likeness (QED) is 0.397. The molecule has 0 atom stereocenters. The fraction of sp³-hybridized carbons (Fsp3) is 0.100. The predicted octanol–water partition coefficient (Wildman–Crippen LogP) is 5.29. The summed E-state index contributed by atoms with van der Waals surface area (Å²) in [6, 6.07) is 12.3. The molecule has 0 fully saturated rings. The minimum atomic E-state index is -0.528. The number of carbonyl (C=O) groups excluding carboxylic acids is 1. The highest BCUT2D eigenvalue weighted by Gasteiger charge is 2.24. The van der Waals surface area contributed by atoms with Gasteiger partial charge in [-0.15, -0.1) is 0 Å². The molecule has 0 saturated heterocycles. The van der Waals surface area contributed by atoms with Crippen molar-refractivity contribution in [3.63, 3.8) is 0 Å². The van der Waals surface area contributed by atoms with E-state index >= 15 is 0 Å². The molecule has 132 valence electrons. The molecule has 0 unspecified atom stereocenters. The van der Waals surface area contributed by atoms with Gasteiger partial charge in [0.25, 0.3) is 0 Å². The van der Waals surface area contributed by atoms with Crippen LogP contribution in [0.4, 0.5) is 0 Å². The zero-order valence-corrected chi connectivity index (χ0v) is 15.5. The molecular formula is C20H15Cl2NO3. The van der Waals surface area contributed by atoms with Gasteiger partial charge in [-0.05, 0) is 54.5 Å². The SMILES string of the molecule is C=C(C)COc1cccc(/C=C2\N=C(c3ccc(Cl)c(Cl)c3)OC2=O)c1. The number of aliphatic imine (C=N–C) groups is 1. The Morgan fingerprint density at radius 1 is 1.23 bits per heavy atom. The van der Waals surface area contributed by atoms with E-state index in [1.54, 1.807) is 24.3 Å². The molecule has 0 bridgehead atoms. The van der Waals surface area contributed by atoms with E-state index in [-0.39, 0.29) is 11.6 Å². The van der Waals surface area contributed by atoms with Crippen molar-refractivity contribution >= 4 is 41.1 Å². The van der Waals surface area contributed by atoms with Gasteiger partial charge in [0.1, 0.15) is 12.4 Å². The number of cyclic esters (lactones) is 1. The zero-order chi connectivity index (χ0) is 18.7. The van der Waals surface area contributed by atoms with Crippen LogP contribution in [0, 0.1) is 0 Å². The molecule has 0 radical (unpaired) electrons. The molecule has 0 aliphatic carbocycles. The van der Waals surface area contributed by atoms with Gasteiger partial charge in [0, 0.05) is 5.56 Å². The zero-order valence-electron chi connectivity index (χ0n) is 14.0. The standard InChI is InChI=1S/C20H15Cl2NO3/c1-12(2)11-25-15-5-3-4-13(8-15)9-18-20(24)26-19(23-18)14-6-7-16(21)17(22)10-14/h3-10H,1,11H2,2H3/b18-9-. The van der Waals surface area contributed by atoms with E-state index < -0.39 is 5.97 Å². The smallest absolute Gasteiger partial charge is 0.363 e. The molecule has 1 heterocycles. The van der Waals surface area contributed by atoms with Crippen molar-refractivity contribution in [2.24, 2.45) is 4.99 Å². The lowest BCUT2D eigenvalue weighted by Gasteiger charge is -2.06. The van der Waals surface area contributed by atoms with Crippen LogP contribution in [0.5, 0.6) is 5.75 Å². The molecule has 0 aromatic heterocycles. The molecule has 4 nitrogen and oxygen atoms in total. The normalized spacial score (nSPS) is 15.0. The van der Waals surface area contributed by atoms with Gasteiger partial charge in [0.05, 0.1) is 10.0 Å². The van der Waals surface area contributed by atoms with Crippen molar-refractivity contribution in [3.8, 4) is 5.75 Å². The van der Waals surface area contributed by atoms with Crippen LogP contribution in [0.3, 0.4) is 0 Å². The molecule has 0 spiro atoms.